The fraction of sp³-hybridized carbons (Fsp3) is 0.407. The Kier molecular flexibility index (Phi) is 8.71. The molecule has 7 nitrogen and oxygen atoms in total. The van der Waals surface area contributed by atoms with Gasteiger partial charge in [-0.25, -0.2) is 0 Å². The second-order valence-corrected chi connectivity index (χ2v) is 10.3. The Morgan fingerprint density at radius 2 is 1.71 bits per heavy atom. The molecule has 8 heteroatoms. The standard InChI is InChI=1S/C27H33N5O2S/c1-20(26(34)23-13-11-22(12-14-23)15-16-28-21(2)33)35-27-30-29-25(19-31-17-7-4-8-18-31)32(27)24-9-5-3-6-10-24/h3,5-6,9-14,20H,4,7-8,15-19H2,1-2H3,(H,28,33). The highest BCUT2D eigenvalue weighted by molar-refractivity contribution is 8.00. The zero-order valence-electron chi connectivity index (χ0n) is 20.4. The molecule has 2 aromatic carbocycles. The number of hydrogen-bond acceptors (Lipinski definition) is 6. The van der Waals surface area contributed by atoms with Gasteiger partial charge in [-0.1, -0.05) is 60.6 Å². The summed E-state index contributed by atoms with van der Waals surface area (Å²) in [6.45, 7) is 6.94. The van der Waals surface area contributed by atoms with E-state index in [1.165, 1.54) is 37.9 Å². The molecule has 2 heterocycles. The van der Waals surface area contributed by atoms with Crippen LogP contribution >= 0.6 is 11.8 Å². The molecule has 1 aliphatic rings. The van der Waals surface area contributed by atoms with Gasteiger partial charge in [0.2, 0.25) is 5.91 Å². The van der Waals surface area contributed by atoms with Gasteiger partial charge in [0, 0.05) is 24.7 Å². The van der Waals surface area contributed by atoms with Crippen molar-refractivity contribution < 1.29 is 9.59 Å². The van der Waals surface area contributed by atoms with Crippen LogP contribution in [-0.2, 0) is 17.8 Å². The van der Waals surface area contributed by atoms with E-state index in [1.807, 2.05) is 49.4 Å². The lowest BCUT2D eigenvalue weighted by atomic mass is 10.0. The molecule has 0 spiro atoms. The molecular formula is C27H33N5O2S. The van der Waals surface area contributed by atoms with Crippen molar-refractivity contribution in [1.29, 1.82) is 0 Å². The maximum atomic E-state index is 13.2. The second-order valence-electron chi connectivity index (χ2n) is 8.96. The van der Waals surface area contributed by atoms with Crippen molar-refractivity contribution in [3.05, 3.63) is 71.5 Å². The van der Waals surface area contributed by atoms with E-state index in [9.17, 15) is 9.59 Å². The Labute approximate surface area is 211 Å². The molecule has 4 rings (SSSR count). The lowest BCUT2D eigenvalue weighted by Gasteiger charge is -2.26. The van der Waals surface area contributed by atoms with Gasteiger partial charge in [0.05, 0.1) is 11.8 Å². The highest BCUT2D eigenvalue weighted by Crippen LogP contribution is 2.28. The van der Waals surface area contributed by atoms with Crippen LogP contribution in [0.5, 0.6) is 0 Å². The van der Waals surface area contributed by atoms with Gasteiger partial charge in [0.25, 0.3) is 0 Å². The largest absolute Gasteiger partial charge is 0.356 e. The van der Waals surface area contributed by atoms with E-state index < -0.39 is 0 Å². The summed E-state index contributed by atoms with van der Waals surface area (Å²) in [6, 6.07) is 17.8. The number of piperidine rings is 1. The summed E-state index contributed by atoms with van der Waals surface area (Å²) in [5.74, 6) is 0.928. The highest BCUT2D eigenvalue weighted by Gasteiger charge is 2.23. The molecule has 0 bridgehead atoms. The molecule has 1 atom stereocenters. The number of para-hydroxylation sites is 1. The highest BCUT2D eigenvalue weighted by atomic mass is 32.2. The number of benzene rings is 2. The van der Waals surface area contributed by atoms with Crippen LogP contribution in [-0.4, -0.2) is 56.2 Å². The quantitative estimate of drug-likeness (QED) is 0.337. The lowest BCUT2D eigenvalue weighted by Crippen LogP contribution is -2.30. The van der Waals surface area contributed by atoms with Gasteiger partial charge in [-0.05, 0) is 57.0 Å². The van der Waals surface area contributed by atoms with Crippen LogP contribution in [0.2, 0.25) is 0 Å². The van der Waals surface area contributed by atoms with Crippen molar-refractivity contribution in [2.75, 3.05) is 19.6 Å². The van der Waals surface area contributed by atoms with Crippen molar-refractivity contribution in [2.45, 2.75) is 56.5 Å². The smallest absolute Gasteiger partial charge is 0.216 e. The SMILES string of the molecule is CC(=O)NCCc1ccc(C(=O)C(C)Sc2nnc(CN3CCCCC3)n2-c2ccccc2)cc1. The van der Waals surface area contributed by atoms with Crippen LogP contribution < -0.4 is 5.32 Å². The Morgan fingerprint density at radius 3 is 2.40 bits per heavy atom. The molecule has 0 radical (unpaired) electrons. The third-order valence-electron chi connectivity index (χ3n) is 6.21. The normalized spacial score (nSPS) is 15.0. The summed E-state index contributed by atoms with van der Waals surface area (Å²) in [5.41, 5.74) is 2.77. The number of Topliss-reactive ketones (excluding diaryl/α,β-unsaturated/α-hetero) is 1. The molecule has 35 heavy (non-hydrogen) atoms. The van der Waals surface area contributed by atoms with Crippen molar-refractivity contribution in [3.8, 4) is 5.69 Å². The van der Waals surface area contributed by atoms with E-state index in [-0.39, 0.29) is 16.9 Å². The number of thioether (sulfide) groups is 1. The Morgan fingerprint density at radius 1 is 1.00 bits per heavy atom. The molecule has 1 saturated heterocycles. The molecular weight excluding hydrogens is 458 g/mol. The van der Waals surface area contributed by atoms with Crippen molar-refractivity contribution >= 4 is 23.5 Å². The number of ketones is 1. The van der Waals surface area contributed by atoms with Gasteiger partial charge < -0.3 is 5.32 Å². The van der Waals surface area contributed by atoms with Crippen LogP contribution in [0.3, 0.4) is 0 Å². The Hall–Kier alpha value is -2.97. The molecule has 3 aromatic rings. The van der Waals surface area contributed by atoms with Crippen molar-refractivity contribution in [1.82, 2.24) is 25.0 Å². The van der Waals surface area contributed by atoms with E-state index in [2.05, 4.69) is 37.1 Å². The first-order valence-corrected chi connectivity index (χ1v) is 13.2. The monoisotopic (exact) mass is 491 g/mol. The zero-order valence-corrected chi connectivity index (χ0v) is 21.3. The number of carbonyl (C=O) groups excluding carboxylic acids is 2. The van der Waals surface area contributed by atoms with Gasteiger partial charge in [0.1, 0.15) is 0 Å². The summed E-state index contributed by atoms with van der Waals surface area (Å²) in [4.78, 5) is 26.7. The van der Waals surface area contributed by atoms with Gasteiger partial charge >= 0.3 is 0 Å². The summed E-state index contributed by atoms with van der Waals surface area (Å²) < 4.78 is 2.09. The average molecular weight is 492 g/mol. The summed E-state index contributed by atoms with van der Waals surface area (Å²) in [7, 11) is 0. The minimum Gasteiger partial charge on any atom is -0.356 e. The van der Waals surface area contributed by atoms with Crippen molar-refractivity contribution in [3.63, 3.8) is 0 Å². The number of nitrogens with one attached hydrogen (secondary N) is 1. The first kappa shape index (κ1) is 25.1. The van der Waals surface area contributed by atoms with E-state index in [0.717, 1.165) is 48.3 Å². The first-order chi connectivity index (χ1) is 17.0. The minimum atomic E-state index is -0.310. The molecule has 0 aliphatic carbocycles. The number of nitrogens with zero attached hydrogens (tertiary/aromatic N) is 4. The molecule has 1 fully saturated rings. The second kappa shape index (κ2) is 12.1. The Bertz CT molecular complexity index is 1120. The van der Waals surface area contributed by atoms with Crippen molar-refractivity contribution in [2.24, 2.45) is 0 Å². The molecule has 1 aromatic heterocycles. The fourth-order valence-corrected chi connectivity index (χ4v) is 5.26. The van der Waals surface area contributed by atoms with Crippen LogP contribution in [0, 0.1) is 0 Å². The topological polar surface area (TPSA) is 80.1 Å². The number of hydrogen-bond donors (Lipinski definition) is 1. The summed E-state index contributed by atoms with van der Waals surface area (Å²) in [6.07, 6.45) is 4.47. The number of aromatic nitrogens is 3. The van der Waals surface area contributed by atoms with Crippen LogP contribution in [0.25, 0.3) is 5.69 Å². The maximum Gasteiger partial charge on any atom is 0.216 e. The minimum absolute atomic E-state index is 0.0370. The van der Waals surface area contributed by atoms with Gasteiger partial charge in [0.15, 0.2) is 16.8 Å². The number of carbonyl (C=O) groups is 2. The lowest BCUT2D eigenvalue weighted by molar-refractivity contribution is -0.118. The fourth-order valence-electron chi connectivity index (χ4n) is 4.30. The maximum absolute atomic E-state index is 13.2. The van der Waals surface area contributed by atoms with E-state index >= 15 is 0 Å². The van der Waals surface area contributed by atoms with Crippen LogP contribution in [0.1, 0.15) is 54.9 Å². The third-order valence-corrected chi connectivity index (χ3v) is 7.25. The van der Waals surface area contributed by atoms with E-state index in [1.54, 1.807) is 0 Å². The molecule has 1 unspecified atom stereocenters. The molecule has 184 valence electrons. The third kappa shape index (κ3) is 6.80. The Balaban J connectivity index is 1.47. The van der Waals surface area contributed by atoms with Gasteiger partial charge in [-0.2, -0.15) is 0 Å². The first-order valence-electron chi connectivity index (χ1n) is 12.3. The predicted molar refractivity (Wildman–Crippen MR) is 139 cm³/mol. The summed E-state index contributed by atoms with van der Waals surface area (Å²) >= 11 is 1.45. The molecule has 1 N–H and O–H groups in total. The zero-order chi connectivity index (χ0) is 24.6. The average Bonchev–Trinajstić information content (AvgIpc) is 3.26. The number of amides is 1. The molecule has 1 aliphatic heterocycles. The van der Waals surface area contributed by atoms with Gasteiger partial charge in [-0.3, -0.25) is 19.1 Å². The predicted octanol–water partition coefficient (Wildman–Crippen LogP) is 4.30. The van der Waals surface area contributed by atoms with E-state index in [0.29, 0.717) is 12.1 Å². The summed E-state index contributed by atoms with van der Waals surface area (Å²) in [5, 5.41) is 12.2. The van der Waals surface area contributed by atoms with Gasteiger partial charge in [-0.15, -0.1) is 10.2 Å². The van der Waals surface area contributed by atoms with Crippen LogP contribution in [0.15, 0.2) is 59.8 Å². The molecule has 1 amide bonds. The van der Waals surface area contributed by atoms with E-state index in [4.69, 9.17) is 0 Å². The number of likely N-dealkylation sites (tertiary alicyclic amines) is 1. The number of rotatable bonds is 10. The van der Waals surface area contributed by atoms with Crippen LogP contribution in [0.4, 0.5) is 0 Å². The molecule has 0 saturated carbocycles.